The minimum absolute atomic E-state index is 0.899. The van der Waals surface area contributed by atoms with Crippen molar-refractivity contribution in [1.82, 2.24) is 15.4 Å². The molecular weight excluding hydrogens is 193 g/mol. The second kappa shape index (κ2) is 2.08. The van der Waals surface area contributed by atoms with Gasteiger partial charge in [0.15, 0.2) is 0 Å². The van der Waals surface area contributed by atoms with Crippen molar-refractivity contribution in [3.63, 3.8) is 0 Å². The van der Waals surface area contributed by atoms with Gasteiger partial charge in [-0.3, -0.25) is 0 Å². The number of benzene rings is 1. The number of nitrogens with one attached hydrogen (secondary N) is 1. The summed E-state index contributed by atoms with van der Waals surface area (Å²) in [5, 5.41) is 10.4. The maximum absolute atomic E-state index is 3.95. The van der Waals surface area contributed by atoms with Crippen LogP contribution in [0.15, 0.2) is 18.2 Å². The van der Waals surface area contributed by atoms with Gasteiger partial charge >= 0.3 is 65.1 Å². The molecule has 1 N–H and O–H groups in total. The Balaban J connectivity index is 2.95. The van der Waals surface area contributed by atoms with Crippen molar-refractivity contribution in [3.8, 4) is 0 Å². The van der Waals surface area contributed by atoms with E-state index in [0.717, 1.165) is 15.5 Å². The predicted molar refractivity (Wildman–Crippen MR) is 39.3 cm³/mol. The zero-order valence-corrected chi connectivity index (χ0v) is 6.75. The molecule has 0 atom stereocenters. The van der Waals surface area contributed by atoms with Crippen LogP contribution in [0, 0.1) is 0 Å². The Morgan fingerprint density at radius 2 is 2.20 bits per heavy atom. The van der Waals surface area contributed by atoms with Gasteiger partial charge in [0.2, 0.25) is 0 Å². The molecule has 0 bridgehead atoms. The van der Waals surface area contributed by atoms with E-state index < -0.39 is 0 Å². The second-order valence-electron chi connectivity index (χ2n) is 1.95. The summed E-state index contributed by atoms with van der Waals surface area (Å²) in [7, 11) is 0. The van der Waals surface area contributed by atoms with E-state index in [1.165, 1.54) is 0 Å². The van der Waals surface area contributed by atoms with E-state index in [4.69, 9.17) is 0 Å². The van der Waals surface area contributed by atoms with Crippen molar-refractivity contribution in [2.24, 2.45) is 0 Å². The molecule has 0 amide bonds. The fourth-order valence-electron chi connectivity index (χ4n) is 0.842. The molecule has 1 aromatic heterocycles. The molecule has 0 aliphatic carbocycles. The van der Waals surface area contributed by atoms with Gasteiger partial charge in [-0.05, 0) is 0 Å². The minimum atomic E-state index is 0.899. The fourth-order valence-corrected chi connectivity index (χ4v) is 1.32. The van der Waals surface area contributed by atoms with Crippen LogP contribution in [0.5, 0.6) is 0 Å². The molecule has 0 saturated carbocycles. The van der Waals surface area contributed by atoms with Crippen molar-refractivity contribution in [1.29, 1.82) is 0 Å². The summed E-state index contributed by atoms with van der Waals surface area (Å²) in [4.78, 5) is 0. The molecule has 0 saturated heterocycles. The number of rotatable bonds is 0. The summed E-state index contributed by atoms with van der Waals surface area (Å²) in [6.07, 6.45) is 0. The van der Waals surface area contributed by atoms with E-state index in [1.807, 2.05) is 18.2 Å². The first-order chi connectivity index (χ1) is 4.88. The molecule has 1 aromatic carbocycles. The first-order valence-corrected chi connectivity index (χ1v) is 3.70. The number of nitrogens with zero attached hydrogens (tertiary/aromatic N) is 2. The van der Waals surface area contributed by atoms with Crippen molar-refractivity contribution in [3.05, 3.63) is 18.2 Å². The topological polar surface area (TPSA) is 41.6 Å². The Hall–Kier alpha value is -0.861. The van der Waals surface area contributed by atoms with Gasteiger partial charge in [-0.15, -0.1) is 0 Å². The van der Waals surface area contributed by atoms with E-state index in [9.17, 15) is 0 Å². The summed E-state index contributed by atoms with van der Waals surface area (Å²) in [5.41, 5.74) is 1.80. The molecule has 49 valence electrons. The summed E-state index contributed by atoms with van der Waals surface area (Å²) >= 11 is 2.91. The van der Waals surface area contributed by atoms with Gasteiger partial charge in [0.25, 0.3) is 0 Å². The number of para-hydroxylation sites is 1. The average molecular weight is 197 g/mol. The van der Waals surface area contributed by atoms with E-state index >= 15 is 0 Å². The molecule has 2 rings (SSSR count). The van der Waals surface area contributed by atoms with Gasteiger partial charge in [0.05, 0.1) is 0 Å². The summed E-state index contributed by atoms with van der Waals surface area (Å²) in [6, 6.07) is 5.82. The van der Waals surface area contributed by atoms with Gasteiger partial charge in [-0.1, -0.05) is 0 Å². The quantitative estimate of drug-likeness (QED) is 0.592. The number of aromatic amines is 1. The third-order valence-corrected chi connectivity index (χ3v) is 2.00. The van der Waals surface area contributed by atoms with Gasteiger partial charge in [0.1, 0.15) is 0 Å². The first kappa shape index (κ1) is 5.89. The molecule has 0 spiro atoms. The van der Waals surface area contributed by atoms with E-state index in [1.54, 1.807) is 0 Å². The first-order valence-electron chi connectivity index (χ1n) is 2.84. The fraction of sp³-hybridized carbons (Fsp3) is 0. The Bertz CT molecular complexity index is 355. The van der Waals surface area contributed by atoms with Crippen LogP contribution in [0.25, 0.3) is 11.0 Å². The SMILES string of the molecule is [Se]c1cccc2n[nH]nc12. The Morgan fingerprint density at radius 3 is 3.00 bits per heavy atom. The molecule has 0 aliphatic heterocycles. The number of fused-ring (bicyclic) bond motifs is 1. The Morgan fingerprint density at radius 1 is 1.30 bits per heavy atom. The molecule has 0 unspecified atom stereocenters. The van der Waals surface area contributed by atoms with Crippen LogP contribution < -0.4 is 4.46 Å². The Labute approximate surface area is 65.6 Å². The maximum atomic E-state index is 3.95. The molecule has 4 heteroatoms. The average Bonchev–Trinajstić information content (AvgIpc) is 2.36. The zero-order chi connectivity index (χ0) is 6.97. The molecule has 1 heterocycles. The summed E-state index contributed by atoms with van der Waals surface area (Å²) in [6.45, 7) is 0. The van der Waals surface area contributed by atoms with Crippen LogP contribution in [0.3, 0.4) is 0 Å². The molecule has 0 aliphatic rings. The predicted octanol–water partition coefficient (Wildman–Crippen LogP) is -0.248. The van der Waals surface area contributed by atoms with Crippen molar-refractivity contribution in [2.75, 3.05) is 0 Å². The van der Waals surface area contributed by atoms with Crippen LogP contribution in [0.1, 0.15) is 0 Å². The van der Waals surface area contributed by atoms with Gasteiger partial charge in [0, 0.05) is 0 Å². The van der Waals surface area contributed by atoms with Crippen LogP contribution >= 0.6 is 0 Å². The molecule has 3 nitrogen and oxygen atoms in total. The van der Waals surface area contributed by atoms with Crippen molar-refractivity contribution < 1.29 is 0 Å². The van der Waals surface area contributed by atoms with Gasteiger partial charge in [-0.2, -0.15) is 0 Å². The second-order valence-corrected chi connectivity index (χ2v) is 2.87. The molecule has 10 heavy (non-hydrogen) atoms. The molecule has 0 fully saturated rings. The summed E-state index contributed by atoms with van der Waals surface area (Å²) in [5.74, 6) is 0. The van der Waals surface area contributed by atoms with Crippen LogP contribution in [-0.2, 0) is 0 Å². The van der Waals surface area contributed by atoms with Crippen LogP contribution in [0.2, 0.25) is 0 Å². The summed E-state index contributed by atoms with van der Waals surface area (Å²) < 4.78 is 1.03. The third-order valence-electron chi connectivity index (χ3n) is 1.31. The number of H-pyrrole nitrogens is 1. The number of hydrogen-bond donors (Lipinski definition) is 1. The zero-order valence-electron chi connectivity index (χ0n) is 5.03. The normalized spacial score (nSPS) is 10.4. The van der Waals surface area contributed by atoms with Crippen LogP contribution in [0.4, 0.5) is 0 Å². The van der Waals surface area contributed by atoms with Gasteiger partial charge < -0.3 is 0 Å². The molecule has 2 aromatic rings. The van der Waals surface area contributed by atoms with E-state index in [0.29, 0.717) is 0 Å². The third kappa shape index (κ3) is 0.735. The van der Waals surface area contributed by atoms with Crippen molar-refractivity contribution in [2.45, 2.75) is 0 Å². The van der Waals surface area contributed by atoms with Crippen LogP contribution in [-0.4, -0.2) is 31.4 Å². The molecule has 1 radical (unpaired) electrons. The number of hydrogen-bond acceptors (Lipinski definition) is 2. The number of aromatic nitrogens is 3. The Kier molecular flexibility index (Phi) is 1.22. The van der Waals surface area contributed by atoms with Gasteiger partial charge in [-0.25, -0.2) is 0 Å². The monoisotopic (exact) mass is 198 g/mol. The standard InChI is InChI=1S/C6H4N3Se/c10-5-3-1-2-4-6(5)8-9-7-4/h1-3H,(H,7,8,9). The molecular formula is C6H4N3Se. The van der Waals surface area contributed by atoms with E-state index in [2.05, 4.69) is 31.4 Å². The van der Waals surface area contributed by atoms with E-state index in [-0.39, 0.29) is 0 Å². The van der Waals surface area contributed by atoms with Crippen molar-refractivity contribution >= 4 is 31.5 Å².